The lowest BCUT2D eigenvalue weighted by molar-refractivity contribution is 0.225. The number of fused-ring (bicyclic) bond motifs is 1. The van der Waals surface area contributed by atoms with Gasteiger partial charge in [-0.15, -0.1) is 29.1 Å². The number of urea groups is 1. The molecule has 2 amide bonds. The number of nitrogens with zero attached hydrogens (tertiary/aromatic N) is 2. The summed E-state index contributed by atoms with van der Waals surface area (Å²) in [5.74, 6) is 2.89. The molecule has 0 saturated heterocycles. The Morgan fingerprint density at radius 2 is 2.07 bits per heavy atom. The van der Waals surface area contributed by atoms with Crippen molar-refractivity contribution in [1.82, 2.24) is 15.3 Å². The number of terminal acetylenes is 1. The Bertz CT molecular complexity index is 1240. The number of aliphatic hydroxyl groups excluding tert-OH is 1. The van der Waals surface area contributed by atoms with E-state index < -0.39 is 12.1 Å². The summed E-state index contributed by atoms with van der Waals surface area (Å²) in [6.45, 7) is 1.60. The highest BCUT2D eigenvalue weighted by Crippen LogP contribution is 2.31. The number of hydrogen-bond donors (Lipinski definition) is 3. The van der Waals surface area contributed by atoms with Gasteiger partial charge >= 0.3 is 6.03 Å². The second-order valence-corrected chi connectivity index (χ2v) is 8.59. The van der Waals surface area contributed by atoms with Gasteiger partial charge < -0.3 is 10.4 Å². The first-order chi connectivity index (χ1) is 14.6. The third-order valence-electron chi connectivity index (χ3n) is 4.62. The summed E-state index contributed by atoms with van der Waals surface area (Å²) in [4.78, 5) is 21.7. The minimum atomic E-state index is -0.552. The van der Waals surface area contributed by atoms with Crippen molar-refractivity contribution in [2.45, 2.75) is 13.0 Å². The highest BCUT2D eigenvalue weighted by molar-refractivity contribution is 7.17. The number of anilines is 1. The molecular weight excluding hydrogens is 416 g/mol. The quantitative estimate of drug-likeness (QED) is 0.402. The molecule has 0 aliphatic rings. The largest absolute Gasteiger partial charge is 0.394 e. The maximum atomic E-state index is 12.4. The predicted molar refractivity (Wildman–Crippen MR) is 122 cm³/mol. The first-order valence-corrected chi connectivity index (χ1v) is 10.8. The first-order valence-electron chi connectivity index (χ1n) is 9.14. The molecule has 2 aromatic heterocycles. The fourth-order valence-electron chi connectivity index (χ4n) is 3.12. The Hall–Kier alpha value is -3.25. The molecule has 0 radical (unpaired) electrons. The van der Waals surface area contributed by atoms with Crippen molar-refractivity contribution in [3.8, 4) is 23.5 Å². The van der Waals surface area contributed by atoms with E-state index in [-0.39, 0.29) is 6.61 Å². The normalized spacial score (nSPS) is 11.8. The fourth-order valence-corrected chi connectivity index (χ4v) is 4.62. The number of aliphatic hydroxyl groups is 1. The minimum absolute atomic E-state index is 0.233. The maximum Gasteiger partial charge on any atom is 0.320 e. The number of amides is 2. The second-order valence-electron chi connectivity index (χ2n) is 6.53. The van der Waals surface area contributed by atoms with E-state index in [4.69, 9.17) is 6.42 Å². The van der Waals surface area contributed by atoms with E-state index in [0.29, 0.717) is 10.8 Å². The highest BCUT2D eigenvalue weighted by atomic mass is 32.1. The average Bonchev–Trinajstić information content (AvgIpc) is 3.38. The number of aryl methyl sites for hydroxylation is 1. The zero-order valence-corrected chi connectivity index (χ0v) is 17.7. The molecule has 30 heavy (non-hydrogen) atoms. The molecule has 0 aliphatic heterocycles. The molecule has 6 nitrogen and oxygen atoms in total. The third kappa shape index (κ3) is 4.04. The number of nitrogens with one attached hydrogen (secondary N) is 2. The number of carbonyl (C=O) groups is 1. The zero-order chi connectivity index (χ0) is 21.1. The van der Waals surface area contributed by atoms with E-state index >= 15 is 0 Å². The van der Waals surface area contributed by atoms with Gasteiger partial charge in [0.2, 0.25) is 0 Å². The summed E-state index contributed by atoms with van der Waals surface area (Å²) in [5.41, 5.74) is 5.76. The van der Waals surface area contributed by atoms with Crippen LogP contribution in [0.15, 0.2) is 48.0 Å². The molecule has 150 valence electrons. The van der Waals surface area contributed by atoms with Crippen LogP contribution in [0.25, 0.3) is 21.3 Å². The number of rotatable bonds is 5. The molecule has 0 aliphatic carbocycles. The van der Waals surface area contributed by atoms with Crippen LogP contribution in [0, 0.1) is 19.3 Å². The summed E-state index contributed by atoms with van der Waals surface area (Å²) in [7, 11) is 0. The molecule has 0 fully saturated rings. The molecule has 0 bridgehead atoms. The molecule has 2 heterocycles. The second kappa shape index (κ2) is 8.63. The topological polar surface area (TPSA) is 87.1 Å². The highest BCUT2D eigenvalue weighted by Gasteiger charge is 2.16. The van der Waals surface area contributed by atoms with Gasteiger partial charge in [-0.1, -0.05) is 36.4 Å². The minimum Gasteiger partial charge on any atom is -0.394 e. The van der Waals surface area contributed by atoms with Crippen molar-refractivity contribution < 1.29 is 9.90 Å². The van der Waals surface area contributed by atoms with Crippen molar-refractivity contribution in [3.05, 3.63) is 63.4 Å². The summed E-state index contributed by atoms with van der Waals surface area (Å²) in [6, 6.07) is 12.8. The van der Waals surface area contributed by atoms with Crippen LogP contribution in [0.4, 0.5) is 10.6 Å². The molecule has 4 rings (SSSR count). The van der Waals surface area contributed by atoms with E-state index in [1.54, 1.807) is 11.3 Å². The van der Waals surface area contributed by atoms with Gasteiger partial charge in [-0.25, -0.2) is 14.8 Å². The van der Waals surface area contributed by atoms with Gasteiger partial charge in [0.15, 0.2) is 5.01 Å². The molecule has 2 aromatic carbocycles. The van der Waals surface area contributed by atoms with Crippen molar-refractivity contribution in [2.24, 2.45) is 0 Å². The summed E-state index contributed by atoms with van der Waals surface area (Å²) < 4.78 is 1.13. The Balaban J connectivity index is 1.49. The van der Waals surface area contributed by atoms with Crippen molar-refractivity contribution in [2.75, 3.05) is 11.9 Å². The number of benzene rings is 2. The Morgan fingerprint density at radius 1 is 1.27 bits per heavy atom. The van der Waals surface area contributed by atoms with Gasteiger partial charge in [0.1, 0.15) is 5.82 Å². The van der Waals surface area contributed by atoms with Gasteiger partial charge in [0, 0.05) is 10.4 Å². The van der Waals surface area contributed by atoms with E-state index in [1.807, 2.05) is 48.8 Å². The van der Waals surface area contributed by atoms with E-state index in [1.165, 1.54) is 11.3 Å². The summed E-state index contributed by atoms with van der Waals surface area (Å²) >= 11 is 2.94. The molecule has 1 unspecified atom stereocenters. The van der Waals surface area contributed by atoms with E-state index in [2.05, 4.69) is 32.6 Å². The van der Waals surface area contributed by atoms with Gasteiger partial charge in [-0.2, -0.15) is 0 Å². The SMILES string of the molecule is C#Cc1nc(NC(=O)NC(CO)c2ccc(-c3cccc4ncsc34)cc2)c(C)s1. The first kappa shape index (κ1) is 20.0. The molecule has 0 saturated carbocycles. The van der Waals surface area contributed by atoms with Crippen LogP contribution in [0.5, 0.6) is 0 Å². The van der Waals surface area contributed by atoms with Gasteiger partial charge in [0.05, 0.1) is 28.4 Å². The molecule has 1 atom stereocenters. The third-order valence-corrected chi connectivity index (χ3v) is 6.40. The summed E-state index contributed by atoms with van der Waals surface area (Å²) in [5, 5.41) is 15.8. The van der Waals surface area contributed by atoms with Crippen LogP contribution in [0.3, 0.4) is 0 Å². The monoisotopic (exact) mass is 434 g/mol. The van der Waals surface area contributed by atoms with E-state index in [0.717, 1.165) is 31.8 Å². The van der Waals surface area contributed by atoms with Crippen LogP contribution in [0.1, 0.15) is 21.5 Å². The Kier molecular flexibility index (Phi) is 5.77. The smallest absolute Gasteiger partial charge is 0.320 e. The average molecular weight is 435 g/mol. The Labute approximate surface area is 181 Å². The van der Waals surface area contributed by atoms with Crippen molar-refractivity contribution >= 4 is 44.7 Å². The predicted octanol–water partition coefficient (Wildman–Crippen LogP) is 4.56. The maximum absolute atomic E-state index is 12.4. The zero-order valence-electron chi connectivity index (χ0n) is 16.0. The van der Waals surface area contributed by atoms with Crippen molar-refractivity contribution in [1.29, 1.82) is 0 Å². The fraction of sp³-hybridized carbons (Fsp3) is 0.136. The van der Waals surface area contributed by atoms with Gasteiger partial charge in [-0.3, -0.25) is 5.32 Å². The molecule has 3 N–H and O–H groups in total. The number of carbonyl (C=O) groups excluding carboxylic acids is 1. The summed E-state index contributed by atoms with van der Waals surface area (Å²) in [6.07, 6.45) is 5.35. The lowest BCUT2D eigenvalue weighted by atomic mass is 10.0. The van der Waals surface area contributed by atoms with Crippen LogP contribution < -0.4 is 10.6 Å². The standard InChI is InChI=1S/C22H18N4O2S2/c1-3-19-25-21(13(2)30-19)26-22(28)24-18(11-27)15-9-7-14(8-10-15)16-5-4-6-17-20(16)29-12-23-17/h1,4-10,12,18,27H,11H2,2H3,(H2,24,26,28). The van der Waals surface area contributed by atoms with Crippen LogP contribution in [-0.4, -0.2) is 27.7 Å². The lowest BCUT2D eigenvalue weighted by Crippen LogP contribution is -2.34. The van der Waals surface area contributed by atoms with Gasteiger partial charge in [-0.05, 0) is 30.0 Å². The van der Waals surface area contributed by atoms with Crippen molar-refractivity contribution in [3.63, 3.8) is 0 Å². The van der Waals surface area contributed by atoms with Gasteiger partial charge in [0.25, 0.3) is 0 Å². The number of thiazole rings is 2. The molecule has 4 aromatic rings. The van der Waals surface area contributed by atoms with Crippen LogP contribution >= 0.6 is 22.7 Å². The van der Waals surface area contributed by atoms with Crippen LogP contribution in [-0.2, 0) is 0 Å². The molecule has 8 heteroatoms. The molecule has 0 spiro atoms. The number of aromatic nitrogens is 2. The van der Waals surface area contributed by atoms with E-state index in [9.17, 15) is 9.90 Å². The number of hydrogen-bond acceptors (Lipinski definition) is 6. The molecular formula is C22H18N4O2S2. The van der Waals surface area contributed by atoms with Crippen LogP contribution in [0.2, 0.25) is 0 Å². The lowest BCUT2D eigenvalue weighted by Gasteiger charge is -2.17. The Morgan fingerprint density at radius 3 is 2.77 bits per heavy atom.